The largest absolute Gasteiger partial charge is 0.395 e. The highest BCUT2D eigenvalue weighted by Crippen LogP contribution is 2.35. The summed E-state index contributed by atoms with van der Waals surface area (Å²) in [6.07, 6.45) is 5.26. The summed E-state index contributed by atoms with van der Waals surface area (Å²) >= 11 is 1.64. The van der Waals surface area contributed by atoms with E-state index in [0.29, 0.717) is 6.04 Å². The summed E-state index contributed by atoms with van der Waals surface area (Å²) in [5.74, 6) is 1.46. The zero-order chi connectivity index (χ0) is 14.1. The monoisotopic (exact) mass is 289 g/mol. The topological polar surface area (TPSA) is 50.9 Å². The Bertz CT molecular complexity index is 590. The van der Waals surface area contributed by atoms with Gasteiger partial charge in [-0.05, 0) is 36.8 Å². The Balaban J connectivity index is 1.86. The number of nitrogens with zero attached hydrogens (tertiary/aromatic N) is 1. The molecule has 0 aliphatic heterocycles. The quantitative estimate of drug-likeness (QED) is 0.818. The molecule has 1 aliphatic carbocycles. The smallest absolute Gasteiger partial charge is 0.106 e. The van der Waals surface area contributed by atoms with Crippen LogP contribution in [0, 0.1) is 11.8 Å². The first-order valence-electron chi connectivity index (χ1n) is 7.55. The molecule has 1 aliphatic rings. The van der Waals surface area contributed by atoms with Crippen molar-refractivity contribution in [2.75, 3.05) is 11.1 Å². The van der Waals surface area contributed by atoms with Crippen LogP contribution in [-0.4, -0.2) is 11.0 Å². The van der Waals surface area contributed by atoms with Crippen LogP contribution in [0.3, 0.4) is 0 Å². The molecular formula is C16H23N3S. The average molecular weight is 289 g/mol. The SMILES string of the molecule is CC(C)C1CCCCC1Nc1ccc2scnc2c1N. The number of rotatable bonds is 3. The van der Waals surface area contributed by atoms with Gasteiger partial charge in [-0.3, -0.25) is 0 Å². The van der Waals surface area contributed by atoms with Crippen molar-refractivity contribution in [3.63, 3.8) is 0 Å². The first-order chi connectivity index (χ1) is 9.66. The van der Waals surface area contributed by atoms with Gasteiger partial charge < -0.3 is 11.1 Å². The van der Waals surface area contributed by atoms with Crippen LogP contribution in [0.25, 0.3) is 10.2 Å². The normalized spacial score (nSPS) is 23.4. The molecule has 3 nitrogen and oxygen atoms in total. The molecule has 108 valence electrons. The van der Waals surface area contributed by atoms with Crippen LogP contribution < -0.4 is 11.1 Å². The lowest BCUT2D eigenvalue weighted by atomic mass is 9.77. The number of nitrogens with one attached hydrogen (secondary N) is 1. The fourth-order valence-electron chi connectivity index (χ4n) is 3.41. The van der Waals surface area contributed by atoms with Gasteiger partial charge in [-0.25, -0.2) is 4.98 Å². The van der Waals surface area contributed by atoms with Gasteiger partial charge in [-0.15, -0.1) is 11.3 Å². The number of nitrogens with two attached hydrogens (primary N) is 1. The number of hydrogen-bond acceptors (Lipinski definition) is 4. The van der Waals surface area contributed by atoms with Crippen molar-refractivity contribution in [3.8, 4) is 0 Å². The summed E-state index contributed by atoms with van der Waals surface area (Å²) in [6, 6.07) is 4.78. The molecule has 0 saturated heterocycles. The third-order valence-corrected chi connectivity index (χ3v) is 5.35. The van der Waals surface area contributed by atoms with Crippen LogP contribution in [0.5, 0.6) is 0 Å². The third-order valence-electron chi connectivity index (χ3n) is 4.56. The predicted molar refractivity (Wildman–Crippen MR) is 88.2 cm³/mol. The first-order valence-corrected chi connectivity index (χ1v) is 8.43. The maximum absolute atomic E-state index is 6.28. The van der Waals surface area contributed by atoms with Crippen molar-refractivity contribution >= 4 is 32.9 Å². The van der Waals surface area contributed by atoms with Crippen LogP contribution in [0.2, 0.25) is 0 Å². The summed E-state index contributed by atoms with van der Waals surface area (Å²) in [5.41, 5.74) is 10.9. The molecule has 3 rings (SSSR count). The molecule has 1 fully saturated rings. The molecule has 3 N–H and O–H groups in total. The second-order valence-electron chi connectivity index (χ2n) is 6.17. The third kappa shape index (κ3) is 2.49. The number of nitrogen functional groups attached to an aromatic ring is 1. The number of benzene rings is 1. The highest BCUT2D eigenvalue weighted by atomic mass is 32.1. The van der Waals surface area contributed by atoms with E-state index in [9.17, 15) is 0 Å². The van der Waals surface area contributed by atoms with Crippen molar-refractivity contribution in [1.29, 1.82) is 0 Å². The fourth-order valence-corrected chi connectivity index (χ4v) is 4.11. The molecule has 1 aromatic heterocycles. The van der Waals surface area contributed by atoms with E-state index in [1.165, 1.54) is 25.7 Å². The van der Waals surface area contributed by atoms with E-state index in [0.717, 1.165) is 33.4 Å². The van der Waals surface area contributed by atoms with E-state index in [-0.39, 0.29) is 0 Å². The first kappa shape index (κ1) is 13.7. The molecule has 20 heavy (non-hydrogen) atoms. The number of aromatic nitrogens is 1. The van der Waals surface area contributed by atoms with Gasteiger partial charge >= 0.3 is 0 Å². The molecule has 2 atom stereocenters. The average Bonchev–Trinajstić information content (AvgIpc) is 2.91. The number of fused-ring (bicyclic) bond motifs is 1. The van der Waals surface area contributed by atoms with Crippen LogP contribution in [0.1, 0.15) is 39.5 Å². The van der Waals surface area contributed by atoms with Crippen molar-refractivity contribution < 1.29 is 0 Å². The van der Waals surface area contributed by atoms with E-state index in [1.807, 2.05) is 5.51 Å². The molecule has 1 saturated carbocycles. The van der Waals surface area contributed by atoms with Gasteiger partial charge in [0.25, 0.3) is 0 Å². The molecule has 4 heteroatoms. The van der Waals surface area contributed by atoms with Gasteiger partial charge in [0, 0.05) is 6.04 Å². The van der Waals surface area contributed by atoms with E-state index >= 15 is 0 Å². The molecule has 2 unspecified atom stereocenters. The van der Waals surface area contributed by atoms with Gasteiger partial charge in [0.15, 0.2) is 0 Å². The summed E-state index contributed by atoms with van der Waals surface area (Å²) in [6.45, 7) is 4.66. The molecule has 1 heterocycles. The van der Waals surface area contributed by atoms with E-state index in [1.54, 1.807) is 11.3 Å². The Morgan fingerprint density at radius 2 is 2.10 bits per heavy atom. The number of hydrogen-bond donors (Lipinski definition) is 2. The maximum atomic E-state index is 6.28. The minimum Gasteiger partial charge on any atom is -0.395 e. The minimum atomic E-state index is 0.544. The molecule has 0 spiro atoms. The summed E-state index contributed by atoms with van der Waals surface area (Å²) in [4.78, 5) is 4.38. The second-order valence-corrected chi connectivity index (χ2v) is 7.06. The van der Waals surface area contributed by atoms with Crippen molar-refractivity contribution in [3.05, 3.63) is 17.6 Å². The van der Waals surface area contributed by atoms with Gasteiger partial charge in [0.1, 0.15) is 5.52 Å². The standard InChI is InChI=1S/C16H23N3S/c1-10(2)11-5-3-4-6-12(11)19-13-7-8-14-16(15(13)17)18-9-20-14/h7-12,19H,3-6,17H2,1-2H3. The van der Waals surface area contributed by atoms with Gasteiger partial charge in [0.2, 0.25) is 0 Å². The highest BCUT2D eigenvalue weighted by Gasteiger charge is 2.27. The van der Waals surface area contributed by atoms with Crippen molar-refractivity contribution in [1.82, 2.24) is 4.98 Å². The molecule has 2 aromatic rings. The summed E-state index contributed by atoms with van der Waals surface area (Å²) < 4.78 is 1.16. The van der Waals surface area contributed by atoms with E-state index in [4.69, 9.17) is 5.73 Å². The zero-order valence-electron chi connectivity index (χ0n) is 12.2. The van der Waals surface area contributed by atoms with Crippen LogP contribution in [0.15, 0.2) is 17.6 Å². The van der Waals surface area contributed by atoms with Gasteiger partial charge in [-0.2, -0.15) is 0 Å². The van der Waals surface area contributed by atoms with Crippen LogP contribution in [-0.2, 0) is 0 Å². The second kappa shape index (κ2) is 5.60. The maximum Gasteiger partial charge on any atom is 0.106 e. The van der Waals surface area contributed by atoms with Crippen molar-refractivity contribution in [2.24, 2.45) is 11.8 Å². The van der Waals surface area contributed by atoms with Crippen LogP contribution >= 0.6 is 11.3 Å². The fraction of sp³-hybridized carbons (Fsp3) is 0.562. The Morgan fingerprint density at radius 3 is 2.90 bits per heavy atom. The Kier molecular flexibility index (Phi) is 3.83. The van der Waals surface area contributed by atoms with Gasteiger partial charge in [0.05, 0.1) is 21.6 Å². The molecule has 0 bridgehead atoms. The van der Waals surface area contributed by atoms with Crippen LogP contribution in [0.4, 0.5) is 11.4 Å². The Morgan fingerprint density at radius 1 is 1.30 bits per heavy atom. The molecule has 0 radical (unpaired) electrons. The van der Waals surface area contributed by atoms with Gasteiger partial charge in [-0.1, -0.05) is 26.7 Å². The molecule has 1 aromatic carbocycles. The predicted octanol–water partition coefficient (Wildman–Crippen LogP) is 4.51. The lowest BCUT2D eigenvalue weighted by Crippen LogP contribution is -2.35. The van der Waals surface area contributed by atoms with E-state index in [2.05, 4.69) is 36.3 Å². The molecule has 0 amide bonds. The lowest BCUT2D eigenvalue weighted by Gasteiger charge is -2.35. The lowest BCUT2D eigenvalue weighted by molar-refractivity contribution is 0.254. The number of thiazole rings is 1. The zero-order valence-corrected chi connectivity index (χ0v) is 13.0. The summed E-state index contributed by atoms with van der Waals surface area (Å²) in [7, 11) is 0. The minimum absolute atomic E-state index is 0.544. The summed E-state index contributed by atoms with van der Waals surface area (Å²) in [5, 5.41) is 3.70. The Hall–Kier alpha value is -1.29. The highest BCUT2D eigenvalue weighted by molar-refractivity contribution is 7.16. The van der Waals surface area contributed by atoms with Crippen molar-refractivity contribution in [2.45, 2.75) is 45.6 Å². The molecular weight excluding hydrogens is 266 g/mol. The van der Waals surface area contributed by atoms with E-state index < -0.39 is 0 Å². The Labute approximate surface area is 124 Å². The number of anilines is 2.